The van der Waals surface area contributed by atoms with E-state index >= 15 is 0 Å². The van der Waals surface area contributed by atoms with Gasteiger partial charge in [-0.2, -0.15) is 0 Å². The molecule has 0 saturated carbocycles. The average molecular weight is 469 g/mol. The molecule has 3 fully saturated rings. The van der Waals surface area contributed by atoms with Crippen LogP contribution in [-0.4, -0.2) is 43.8 Å². The lowest BCUT2D eigenvalue weighted by molar-refractivity contribution is -0.0353. The molecule has 5 nitrogen and oxygen atoms in total. The van der Waals surface area contributed by atoms with Crippen molar-refractivity contribution in [2.45, 2.75) is 51.7 Å². The van der Waals surface area contributed by atoms with Crippen molar-refractivity contribution in [1.29, 1.82) is 0 Å². The average Bonchev–Trinajstić information content (AvgIpc) is 2.82. The smallest absolute Gasteiger partial charge is 0.407 e. The van der Waals surface area contributed by atoms with Gasteiger partial charge in [-0.05, 0) is 84.5 Å². The summed E-state index contributed by atoms with van der Waals surface area (Å²) in [6, 6.07) is 12.3. The highest BCUT2D eigenvalue weighted by atomic mass is 35.5. The van der Waals surface area contributed by atoms with Gasteiger partial charge in [-0.25, -0.2) is 4.79 Å². The van der Waals surface area contributed by atoms with Gasteiger partial charge in [-0.1, -0.05) is 49.7 Å². The molecule has 6 rings (SSSR count). The Hall–Kier alpha value is -2.24. The number of amides is 1. The molecule has 3 saturated heterocycles. The number of nitrogens with zero attached hydrogens (tertiary/aromatic N) is 1. The first kappa shape index (κ1) is 22.5. The number of halogens is 1. The van der Waals surface area contributed by atoms with E-state index in [-0.39, 0.29) is 23.7 Å². The molecule has 6 heteroatoms. The first-order chi connectivity index (χ1) is 15.8. The summed E-state index contributed by atoms with van der Waals surface area (Å²) >= 11 is 6.21. The number of hydrogen-bond donors (Lipinski definition) is 1. The second-order valence-corrected chi connectivity index (χ2v) is 10.8. The topological polar surface area (TPSA) is 50.8 Å². The second kappa shape index (κ2) is 8.84. The molecule has 2 aromatic carbocycles. The third-order valence-electron chi connectivity index (χ3n) is 7.88. The van der Waals surface area contributed by atoms with Gasteiger partial charge in [0.2, 0.25) is 0 Å². The molecule has 1 aliphatic carbocycles. The molecule has 1 unspecified atom stereocenters. The molecule has 1 N–H and O–H groups in total. The van der Waals surface area contributed by atoms with Gasteiger partial charge in [0.1, 0.15) is 11.9 Å². The molecule has 3 heterocycles. The van der Waals surface area contributed by atoms with Crippen molar-refractivity contribution in [2.24, 2.45) is 11.3 Å². The number of piperidine rings is 3. The standard InChI is InChI=1S/C27H33ClN2O3/c1-27(2)11-8-20-14-18(19-5-7-22(28)23(15-19)32-3)4-6-21(20)25(27)29-26(31)33-24-16-30-12-9-17(24)10-13-30/h4-7,14-15,17,24-25H,8-13,16H2,1-3H3,(H,29,31)/t24-,25?/m0/s1. The van der Waals surface area contributed by atoms with E-state index in [1.165, 1.54) is 11.1 Å². The summed E-state index contributed by atoms with van der Waals surface area (Å²) in [5.74, 6) is 1.18. The minimum absolute atomic E-state index is 0.0148. The highest BCUT2D eigenvalue weighted by Gasteiger charge is 2.40. The lowest BCUT2D eigenvalue weighted by Crippen LogP contribution is -2.53. The summed E-state index contributed by atoms with van der Waals surface area (Å²) in [5.41, 5.74) is 4.59. The Kier molecular flexibility index (Phi) is 6.04. The molecule has 4 aliphatic rings. The van der Waals surface area contributed by atoms with Gasteiger partial charge in [-0.3, -0.25) is 4.90 Å². The Morgan fingerprint density at radius 1 is 1.12 bits per heavy atom. The summed E-state index contributed by atoms with van der Waals surface area (Å²) in [5, 5.41) is 3.84. The van der Waals surface area contributed by atoms with E-state index in [4.69, 9.17) is 21.1 Å². The summed E-state index contributed by atoms with van der Waals surface area (Å²) < 4.78 is 11.3. The minimum atomic E-state index is -0.286. The summed E-state index contributed by atoms with van der Waals surface area (Å²) in [4.78, 5) is 15.4. The van der Waals surface area contributed by atoms with Gasteiger partial charge in [0.25, 0.3) is 0 Å². The predicted molar refractivity (Wildman–Crippen MR) is 131 cm³/mol. The first-order valence-corrected chi connectivity index (χ1v) is 12.4. The van der Waals surface area contributed by atoms with Gasteiger partial charge >= 0.3 is 6.09 Å². The molecule has 0 spiro atoms. The van der Waals surface area contributed by atoms with Gasteiger partial charge in [-0.15, -0.1) is 0 Å². The maximum Gasteiger partial charge on any atom is 0.407 e. The van der Waals surface area contributed by atoms with Crippen LogP contribution in [0, 0.1) is 11.3 Å². The lowest BCUT2D eigenvalue weighted by Gasteiger charge is -2.44. The number of methoxy groups -OCH3 is 1. The molecule has 3 aliphatic heterocycles. The number of ether oxygens (including phenoxy) is 2. The van der Waals surface area contributed by atoms with Crippen LogP contribution in [0.4, 0.5) is 4.79 Å². The van der Waals surface area contributed by atoms with Gasteiger partial charge in [0, 0.05) is 6.54 Å². The molecule has 0 aromatic heterocycles. The van der Waals surface area contributed by atoms with Crippen LogP contribution < -0.4 is 10.1 Å². The van der Waals surface area contributed by atoms with E-state index in [1.807, 2.05) is 18.2 Å². The molecule has 2 aromatic rings. The Morgan fingerprint density at radius 2 is 1.85 bits per heavy atom. The monoisotopic (exact) mass is 468 g/mol. The molecule has 0 radical (unpaired) electrons. The SMILES string of the molecule is COc1cc(-c2ccc3c(c2)CCC(C)(C)C3NC(=O)O[C@H]2CN3CCC2CC3)ccc1Cl. The quantitative estimate of drug-likeness (QED) is 0.611. The number of benzene rings is 2. The number of aryl methyl sites for hydroxylation is 1. The van der Waals surface area contributed by atoms with Gasteiger partial charge < -0.3 is 14.8 Å². The first-order valence-electron chi connectivity index (χ1n) is 12.0. The minimum Gasteiger partial charge on any atom is -0.495 e. The third kappa shape index (κ3) is 4.45. The third-order valence-corrected chi connectivity index (χ3v) is 8.19. The van der Waals surface area contributed by atoms with Crippen molar-refractivity contribution in [2.75, 3.05) is 26.7 Å². The normalized spacial score (nSPS) is 27.5. The van der Waals surface area contributed by atoms with Crippen LogP contribution in [0.15, 0.2) is 36.4 Å². The van der Waals surface area contributed by atoms with E-state index in [9.17, 15) is 4.79 Å². The number of alkyl carbamates (subject to hydrolysis) is 1. The van der Waals surface area contributed by atoms with E-state index < -0.39 is 0 Å². The molecule has 2 bridgehead atoms. The van der Waals surface area contributed by atoms with Crippen LogP contribution in [0.1, 0.15) is 50.3 Å². The second-order valence-electron chi connectivity index (χ2n) is 10.4. The Bertz CT molecular complexity index is 1050. The predicted octanol–water partition coefficient (Wildman–Crippen LogP) is 5.85. The maximum atomic E-state index is 13.0. The van der Waals surface area contributed by atoms with Crippen LogP contribution in [-0.2, 0) is 11.2 Å². The van der Waals surface area contributed by atoms with Crippen molar-refractivity contribution in [1.82, 2.24) is 10.2 Å². The zero-order valence-corrected chi connectivity index (χ0v) is 20.5. The largest absolute Gasteiger partial charge is 0.495 e. The number of nitrogens with one attached hydrogen (secondary N) is 1. The van der Waals surface area contributed by atoms with Crippen molar-refractivity contribution in [3.63, 3.8) is 0 Å². The molecular weight excluding hydrogens is 436 g/mol. The number of carbonyl (C=O) groups is 1. The zero-order valence-electron chi connectivity index (χ0n) is 19.7. The molecular formula is C27H33ClN2O3. The number of hydrogen-bond acceptors (Lipinski definition) is 4. The number of carbonyl (C=O) groups excluding carboxylic acids is 1. The molecule has 176 valence electrons. The van der Waals surface area contributed by atoms with Gasteiger partial charge in [0.15, 0.2) is 0 Å². The Balaban J connectivity index is 1.36. The fraction of sp³-hybridized carbons (Fsp3) is 0.519. The van der Waals surface area contributed by atoms with Crippen molar-refractivity contribution < 1.29 is 14.3 Å². The summed E-state index contributed by atoms with van der Waals surface area (Å²) in [7, 11) is 1.63. The molecule has 1 amide bonds. The zero-order chi connectivity index (χ0) is 23.2. The fourth-order valence-corrected chi connectivity index (χ4v) is 5.95. The molecule has 33 heavy (non-hydrogen) atoms. The van der Waals surface area contributed by atoms with E-state index in [2.05, 4.69) is 42.3 Å². The van der Waals surface area contributed by atoms with Crippen LogP contribution in [0.25, 0.3) is 11.1 Å². The van der Waals surface area contributed by atoms with Gasteiger partial charge in [0.05, 0.1) is 18.2 Å². The van der Waals surface area contributed by atoms with E-state index in [0.717, 1.165) is 56.4 Å². The number of fused-ring (bicyclic) bond motifs is 4. The van der Waals surface area contributed by atoms with Crippen LogP contribution in [0.2, 0.25) is 5.02 Å². The molecule has 2 atom stereocenters. The Labute approximate surface area is 201 Å². The summed E-state index contributed by atoms with van der Waals surface area (Å²) in [6.07, 6.45) is 3.97. The number of rotatable bonds is 4. The van der Waals surface area contributed by atoms with Crippen LogP contribution in [0.3, 0.4) is 0 Å². The maximum absolute atomic E-state index is 13.0. The summed E-state index contributed by atoms with van der Waals surface area (Å²) in [6.45, 7) is 7.60. The highest BCUT2D eigenvalue weighted by Crippen LogP contribution is 2.45. The van der Waals surface area contributed by atoms with Crippen LogP contribution >= 0.6 is 11.6 Å². The van der Waals surface area contributed by atoms with Crippen LogP contribution in [0.5, 0.6) is 5.75 Å². The van der Waals surface area contributed by atoms with E-state index in [0.29, 0.717) is 16.7 Å². The van der Waals surface area contributed by atoms with Crippen molar-refractivity contribution >= 4 is 17.7 Å². The fourth-order valence-electron chi connectivity index (χ4n) is 5.75. The lowest BCUT2D eigenvalue weighted by atomic mass is 9.70. The van der Waals surface area contributed by atoms with Crippen molar-refractivity contribution in [3.8, 4) is 16.9 Å². The Morgan fingerprint density at radius 3 is 2.55 bits per heavy atom. The van der Waals surface area contributed by atoms with Crippen molar-refractivity contribution in [3.05, 3.63) is 52.5 Å². The van der Waals surface area contributed by atoms with E-state index in [1.54, 1.807) is 7.11 Å². The highest BCUT2D eigenvalue weighted by molar-refractivity contribution is 6.32.